The molecule has 2 heterocycles. The van der Waals surface area contributed by atoms with Gasteiger partial charge < -0.3 is 20.7 Å². The standard InChI is InChI=1S/C25H29N5O/c1-31-22-5-6-25-24(14-22)23(19(15-26)17-29-25)9-12-30-10-7-21(8-11-30)28-16-18-3-2-4-20(27)13-18/h2-6,13-14,17,21,28H,7-12,16,27H2,1H3. The second kappa shape index (κ2) is 9.78. The zero-order valence-corrected chi connectivity index (χ0v) is 18.0. The fourth-order valence-corrected chi connectivity index (χ4v) is 4.32. The first-order chi connectivity index (χ1) is 15.2. The van der Waals surface area contributed by atoms with Gasteiger partial charge in [-0.3, -0.25) is 4.98 Å². The minimum absolute atomic E-state index is 0.526. The predicted octanol–water partition coefficient (Wildman–Crippen LogP) is 3.49. The van der Waals surface area contributed by atoms with E-state index in [4.69, 9.17) is 10.5 Å². The first-order valence-corrected chi connectivity index (χ1v) is 10.8. The van der Waals surface area contributed by atoms with E-state index in [1.165, 1.54) is 5.56 Å². The molecule has 2 aromatic carbocycles. The second-order valence-corrected chi connectivity index (χ2v) is 8.14. The lowest BCUT2D eigenvalue weighted by molar-refractivity contribution is 0.199. The Balaban J connectivity index is 1.34. The van der Waals surface area contributed by atoms with Crippen molar-refractivity contribution in [3.8, 4) is 11.8 Å². The maximum atomic E-state index is 9.60. The summed E-state index contributed by atoms with van der Waals surface area (Å²) in [6.45, 7) is 3.91. The van der Waals surface area contributed by atoms with Crippen LogP contribution in [0.5, 0.6) is 5.75 Å². The number of nitriles is 1. The molecule has 0 bridgehead atoms. The highest BCUT2D eigenvalue weighted by atomic mass is 16.5. The monoisotopic (exact) mass is 415 g/mol. The number of nitrogens with two attached hydrogens (primary N) is 1. The number of hydrogen-bond donors (Lipinski definition) is 2. The Morgan fingerprint density at radius 1 is 1.23 bits per heavy atom. The minimum atomic E-state index is 0.526. The van der Waals surface area contributed by atoms with E-state index in [-0.39, 0.29) is 0 Å². The van der Waals surface area contributed by atoms with Crippen molar-refractivity contribution in [1.29, 1.82) is 5.26 Å². The molecule has 1 aliphatic rings. The quantitative estimate of drug-likeness (QED) is 0.575. The number of nitrogens with zero attached hydrogens (tertiary/aromatic N) is 3. The number of ether oxygens (including phenoxy) is 1. The molecular weight excluding hydrogens is 386 g/mol. The van der Waals surface area contributed by atoms with Gasteiger partial charge in [0.15, 0.2) is 0 Å². The summed E-state index contributed by atoms with van der Waals surface area (Å²) in [5.41, 5.74) is 10.5. The van der Waals surface area contributed by atoms with E-state index in [0.717, 1.165) is 73.3 Å². The van der Waals surface area contributed by atoms with Crippen molar-refractivity contribution in [2.24, 2.45) is 0 Å². The van der Waals surface area contributed by atoms with Crippen molar-refractivity contribution in [3.63, 3.8) is 0 Å². The van der Waals surface area contributed by atoms with Crippen LogP contribution in [-0.4, -0.2) is 42.7 Å². The molecular formula is C25H29N5O. The Morgan fingerprint density at radius 2 is 2.06 bits per heavy atom. The summed E-state index contributed by atoms with van der Waals surface area (Å²) in [5.74, 6) is 0.790. The fraction of sp³-hybridized carbons (Fsp3) is 0.360. The summed E-state index contributed by atoms with van der Waals surface area (Å²) in [6.07, 6.45) is 4.77. The van der Waals surface area contributed by atoms with E-state index < -0.39 is 0 Å². The van der Waals surface area contributed by atoms with Crippen molar-refractivity contribution < 1.29 is 4.74 Å². The number of hydrogen-bond acceptors (Lipinski definition) is 6. The van der Waals surface area contributed by atoms with Crippen molar-refractivity contribution in [2.45, 2.75) is 31.8 Å². The van der Waals surface area contributed by atoms with Crippen LogP contribution in [0.3, 0.4) is 0 Å². The molecule has 3 aromatic rings. The first kappa shape index (κ1) is 21.1. The van der Waals surface area contributed by atoms with E-state index in [2.05, 4.69) is 27.3 Å². The van der Waals surface area contributed by atoms with Gasteiger partial charge in [-0.05, 0) is 73.8 Å². The Labute approximate surface area is 183 Å². The Morgan fingerprint density at radius 3 is 2.81 bits per heavy atom. The molecule has 0 radical (unpaired) electrons. The van der Waals surface area contributed by atoms with Crippen LogP contribution in [0.15, 0.2) is 48.7 Å². The number of nitrogens with one attached hydrogen (secondary N) is 1. The molecule has 0 spiro atoms. The number of piperidine rings is 1. The van der Waals surface area contributed by atoms with Crippen molar-refractivity contribution in [1.82, 2.24) is 15.2 Å². The predicted molar refractivity (Wildman–Crippen MR) is 124 cm³/mol. The zero-order valence-electron chi connectivity index (χ0n) is 18.0. The maximum Gasteiger partial charge on any atom is 0.119 e. The van der Waals surface area contributed by atoms with Gasteiger partial charge >= 0.3 is 0 Å². The lowest BCUT2D eigenvalue weighted by Gasteiger charge is -2.32. The SMILES string of the molecule is COc1ccc2ncc(C#N)c(CCN3CCC(NCc4cccc(N)c4)CC3)c2c1. The van der Waals surface area contributed by atoms with Gasteiger partial charge in [0.1, 0.15) is 11.8 Å². The van der Waals surface area contributed by atoms with Gasteiger partial charge in [-0.1, -0.05) is 12.1 Å². The van der Waals surface area contributed by atoms with Gasteiger partial charge in [0.25, 0.3) is 0 Å². The molecule has 6 nitrogen and oxygen atoms in total. The molecule has 0 saturated carbocycles. The van der Waals surface area contributed by atoms with Crippen molar-refractivity contribution in [2.75, 3.05) is 32.5 Å². The van der Waals surface area contributed by atoms with Gasteiger partial charge in [-0.15, -0.1) is 0 Å². The summed E-state index contributed by atoms with van der Waals surface area (Å²) in [5, 5.41) is 14.3. The third-order valence-corrected chi connectivity index (χ3v) is 6.12. The van der Waals surface area contributed by atoms with Crippen LogP contribution in [0, 0.1) is 11.3 Å². The number of benzene rings is 2. The number of pyridine rings is 1. The molecule has 4 rings (SSSR count). The minimum Gasteiger partial charge on any atom is -0.497 e. The highest BCUT2D eigenvalue weighted by Gasteiger charge is 2.19. The Hall–Kier alpha value is -3.14. The highest BCUT2D eigenvalue weighted by Crippen LogP contribution is 2.26. The number of anilines is 1. The van der Waals surface area contributed by atoms with E-state index in [1.54, 1.807) is 13.3 Å². The normalized spacial score (nSPS) is 15.1. The van der Waals surface area contributed by atoms with Gasteiger partial charge in [-0.25, -0.2) is 0 Å². The summed E-state index contributed by atoms with van der Waals surface area (Å²) in [7, 11) is 1.66. The van der Waals surface area contributed by atoms with Crippen molar-refractivity contribution in [3.05, 3.63) is 65.4 Å². The molecule has 1 aromatic heterocycles. The van der Waals surface area contributed by atoms with Crippen LogP contribution < -0.4 is 15.8 Å². The Kier molecular flexibility index (Phi) is 6.66. The van der Waals surface area contributed by atoms with Crippen LogP contribution in [0.4, 0.5) is 5.69 Å². The van der Waals surface area contributed by atoms with Gasteiger partial charge in [0.2, 0.25) is 0 Å². The third kappa shape index (κ3) is 5.13. The maximum absolute atomic E-state index is 9.60. The lowest BCUT2D eigenvalue weighted by atomic mass is 9.99. The number of rotatable bonds is 7. The fourth-order valence-electron chi connectivity index (χ4n) is 4.32. The van der Waals surface area contributed by atoms with Gasteiger partial charge in [0, 0.05) is 36.4 Å². The third-order valence-electron chi connectivity index (χ3n) is 6.12. The highest BCUT2D eigenvalue weighted by molar-refractivity contribution is 5.85. The molecule has 1 aliphatic heterocycles. The molecule has 0 aliphatic carbocycles. The number of aromatic nitrogens is 1. The molecule has 6 heteroatoms. The average molecular weight is 416 g/mol. The van der Waals surface area contributed by atoms with Crippen LogP contribution in [0.25, 0.3) is 10.9 Å². The molecule has 0 atom stereocenters. The summed E-state index contributed by atoms with van der Waals surface area (Å²) < 4.78 is 5.38. The number of methoxy groups -OCH3 is 1. The van der Waals surface area contributed by atoms with Gasteiger partial charge in [0.05, 0.1) is 18.2 Å². The molecule has 31 heavy (non-hydrogen) atoms. The summed E-state index contributed by atoms with van der Waals surface area (Å²) in [4.78, 5) is 6.93. The average Bonchev–Trinajstić information content (AvgIpc) is 2.81. The van der Waals surface area contributed by atoms with Crippen LogP contribution in [0.1, 0.15) is 29.5 Å². The smallest absolute Gasteiger partial charge is 0.119 e. The topological polar surface area (TPSA) is 87.2 Å². The molecule has 0 unspecified atom stereocenters. The van der Waals surface area contributed by atoms with E-state index >= 15 is 0 Å². The number of nitrogen functional groups attached to an aromatic ring is 1. The molecule has 0 amide bonds. The Bertz CT molecular complexity index is 1080. The summed E-state index contributed by atoms with van der Waals surface area (Å²) >= 11 is 0. The van der Waals surface area contributed by atoms with Crippen LogP contribution >= 0.6 is 0 Å². The zero-order chi connectivity index (χ0) is 21.6. The largest absolute Gasteiger partial charge is 0.497 e. The molecule has 1 fully saturated rings. The van der Waals surface area contributed by atoms with Crippen LogP contribution in [0.2, 0.25) is 0 Å². The van der Waals surface area contributed by atoms with E-state index in [0.29, 0.717) is 11.6 Å². The van der Waals surface area contributed by atoms with Gasteiger partial charge in [-0.2, -0.15) is 5.26 Å². The van der Waals surface area contributed by atoms with Crippen molar-refractivity contribution >= 4 is 16.6 Å². The molecule has 1 saturated heterocycles. The first-order valence-electron chi connectivity index (χ1n) is 10.8. The molecule has 3 N–H and O–H groups in total. The number of fused-ring (bicyclic) bond motifs is 1. The summed E-state index contributed by atoms with van der Waals surface area (Å²) in [6, 6.07) is 16.8. The van der Waals surface area contributed by atoms with Crippen LogP contribution in [-0.2, 0) is 13.0 Å². The lowest BCUT2D eigenvalue weighted by Crippen LogP contribution is -2.42. The number of likely N-dealkylation sites (tertiary alicyclic amines) is 1. The second-order valence-electron chi connectivity index (χ2n) is 8.14. The van der Waals surface area contributed by atoms with E-state index in [1.807, 2.05) is 36.4 Å². The van der Waals surface area contributed by atoms with E-state index in [9.17, 15) is 5.26 Å². The molecule has 160 valence electrons.